The molecule has 232 valence electrons. The number of nitrogens with zero attached hydrogens (tertiary/aromatic N) is 1. The zero-order valence-electron chi connectivity index (χ0n) is 27.4. The summed E-state index contributed by atoms with van der Waals surface area (Å²) in [4.78, 5) is 2.38. The van der Waals surface area contributed by atoms with Gasteiger partial charge in [-0.1, -0.05) is 123 Å². The lowest BCUT2D eigenvalue weighted by molar-refractivity contribution is 0.660. The first-order chi connectivity index (χ1) is 24.0. The minimum Gasteiger partial charge on any atom is -0.455 e. The Balaban J connectivity index is 1.19. The van der Waals surface area contributed by atoms with Gasteiger partial charge in [0.1, 0.15) is 11.2 Å². The highest BCUT2D eigenvalue weighted by molar-refractivity contribution is 6.19. The van der Waals surface area contributed by atoms with E-state index in [0.717, 1.165) is 50.1 Å². The highest BCUT2D eigenvalue weighted by Crippen LogP contribution is 2.51. The lowest BCUT2D eigenvalue weighted by atomic mass is 9.82. The van der Waals surface area contributed by atoms with Crippen molar-refractivity contribution in [1.29, 1.82) is 0 Å². The third-order valence-corrected chi connectivity index (χ3v) is 10.6. The van der Waals surface area contributed by atoms with Crippen molar-refractivity contribution in [1.82, 2.24) is 0 Å². The quantitative estimate of drug-likeness (QED) is 0.193. The number of hydrogen-bond donors (Lipinski definition) is 0. The molecule has 1 aliphatic rings. The molecule has 2 nitrogen and oxygen atoms in total. The van der Waals surface area contributed by atoms with Crippen LogP contribution in [-0.4, -0.2) is 0 Å². The number of furan rings is 1. The molecular formula is C47H33NO. The second kappa shape index (κ2) is 10.4. The van der Waals surface area contributed by atoms with Crippen LogP contribution in [0, 0.1) is 0 Å². The SMILES string of the molecule is CC1(C)c2ccccc2-c2ccc(N(c3ccccc3)c3ccc4oc5c(-c6ccc7ccccc7c6)c6ccccc6cc5c4c3)cc21. The lowest BCUT2D eigenvalue weighted by Gasteiger charge is -2.28. The first-order valence-corrected chi connectivity index (χ1v) is 17.0. The summed E-state index contributed by atoms with van der Waals surface area (Å²) in [5, 5.41) is 7.08. The monoisotopic (exact) mass is 627 g/mol. The van der Waals surface area contributed by atoms with Crippen molar-refractivity contribution in [3.8, 4) is 22.3 Å². The van der Waals surface area contributed by atoms with E-state index in [0.29, 0.717) is 0 Å². The van der Waals surface area contributed by atoms with E-state index in [2.05, 4.69) is 183 Å². The van der Waals surface area contributed by atoms with E-state index in [1.807, 2.05) is 0 Å². The standard InChI is InChI=1S/C47H33NO/c1-47(2)42-19-11-10-18-38(42)39-24-22-36(29-43(39)47)48(34-15-4-3-5-16-34)35-23-25-44-40(28-35)41-27-32-14-8-9-17-37(32)45(46(41)49-44)33-21-20-30-12-6-7-13-31(30)26-33/h3-29H,1-2H3. The van der Waals surface area contributed by atoms with Crippen molar-refractivity contribution in [3.05, 3.63) is 175 Å². The molecule has 0 amide bonds. The summed E-state index contributed by atoms with van der Waals surface area (Å²) >= 11 is 0. The van der Waals surface area contributed by atoms with E-state index >= 15 is 0 Å². The van der Waals surface area contributed by atoms with Crippen LogP contribution in [0.3, 0.4) is 0 Å². The summed E-state index contributed by atoms with van der Waals surface area (Å²) in [5.74, 6) is 0. The van der Waals surface area contributed by atoms with Crippen molar-refractivity contribution in [2.75, 3.05) is 4.90 Å². The molecule has 8 aromatic carbocycles. The van der Waals surface area contributed by atoms with Crippen LogP contribution in [0.25, 0.3) is 65.7 Å². The van der Waals surface area contributed by atoms with Crippen LogP contribution < -0.4 is 4.90 Å². The molecule has 0 radical (unpaired) electrons. The van der Waals surface area contributed by atoms with Gasteiger partial charge in [-0.25, -0.2) is 0 Å². The Labute approximate surface area is 285 Å². The highest BCUT2D eigenvalue weighted by atomic mass is 16.3. The zero-order valence-corrected chi connectivity index (χ0v) is 27.4. The van der Waals surface area contributed by atoms with Crippen LogP contribution >= 0.6 is 0 Å². The van der Waals surface area contributed by atoms with E-state index in [1.165, 1.54) is 43.8 Å². The fraction of sp³-hybridized carbons (Fsp3) is 0.0638. The number of hydrogen-bond acceptors (Lipinski definition) is 2. The van der Waals surface area contributed by atoms with Crippen molar-refractivity contribution in [2.45, 2.75) is 19.3 Å². The molecule has 49 heavy (non-hydrogen) atoms. The Bertz CT molecular complexity index is 2750. The predicted molar refractivity (Wildman–Crippen MR) is 206 cm³/mol. The molecule has 0 aliphatic heterocycles. The van der Waals surface area contributed by atoms with Crippen LogP contribution in [0.2, 0.25) is 0 Å². The summed E-state index contributed by atoms with van der Waals surface area (Å²) in [6.45, 7) is 4.69. The molecule has 2 heteroatoms. The minimum atomic E-state index is -0.0881. The molecule has 10 rings (SSSR count). The van der Waals surface area contributed by atoms with Crippen molar-refractivity contribution in [2.24, 2.45) is 0 Å². The third-order valence-electron chi connectivity index (χ3n) is 10.6. The average molecular weight is 628 g/mol. The van der Waals surface area contributed by atoms with Crippen LogP contribution in [-0.2, 0) is 5.41 Å². The molecule has 9 aromatic rings. The second-order valence-corrected chi connectivity index (χ2v) is 13.8. The van der Waals surface area contributed by atoms with Gasteiger partial charge < -0.3 is 9.32 Å². The van der Waals surface area contributed by atoms with E-state index in [4.69, 9.17) is 4.42 Å². The summed E-state index contributed by atoms with van der Waals surface area (Å²) in [6.07, 6.45) is 0. The summed E-state index contributed by atoms with van der Waals surface area (Å²) in [7, 11) is 0. The molecule has 0 atom stereocenters. The molecule has 0 saturated carbocycles. The van der Waals surface area contributed by atoms with Gasteiger partial charge in [-0.15, -0.1) is 0 Å². The third kappa shape index (κ3) is 4.20. The molecule has 0 N–H and O–H groups in total. The topological polar surface area (TPSA) is 16.4 Å². The van der Waals surface area contributed by atoms with Crippen LogP contribution in [0.4, 0.5) is 17.1 Å². The summed E-state index contributed by atoms with van der Waals surface area (Å²) in [6, 6.07) is 59.4. The fourth-order valence-electron chi connectivity index (χ4n) is 8.19. The van der Waals surface area contributed by atoms with E-state index in [1.54, 1.807) is 0 Å². The maximum atomic E-state index is 6.81. The van der Waals surface area contributed by atoms with Gasteiger partial charge >= 0.3 is 0 Å². The summed E-state index contributed by atoms with van der Waals surface area (Å²) < 4.78 is 6.81. The van der Waals surface area contributed by atoms with E-state index in [-0.39, 0.29) is 5.41 Å². The Morgan fingerprint density at radius 3 is 2.02 bits per heavy atom. The molecule has 0 unspecified atom stereocenters. The number of anilines is 3. The molecule has 1 aliphatic carbocycles. The molecule has 0 bridgehead atoms. The predicted octanol–water partition coefficient (Wildman–Crippen LogP) is 13.3. The number of rotatable bonds is 4. The summed E-state index contributed by atoms with van der Waals surface area (Å²) in [5.41, 5.74) is 12.8. The minimum absolute atomic E-state index is 0.0881. The maximum Gasteiger partial charge on any atom is 0.143 e. The second-order valence-electron chi connectivity index (χ2n) is 13.8. The van der Waals surface area contributed by atoms with Crippen LogP contribution in [0.5, 0.6) is 0 Å². The number of para-hydroxylation sites is 1. The van der Waals surface area contributed by atoms with Crippen LogP contribution in [0.15, 0.2) is 168 Å². The molecule has 0 fully saturated rings. The van der Waals surface area contributed by atoms with E-state index in [9.17, 15) is 0 Å². The highest BCUT2D eigenvalue weighted by Gasteiger charge is 2.35. The Kier molecular flexibility index (Phi) is 5.95. The number of benzene rings is 8. The normalized spacial score (nSPS) is 13.3. The first-order valence-electron chi connectivity index (χ1n) is 17.0. The molecule has 1 aromatic heterocycles. The van der Waals surface area contributed by atoms with Crippen LogP contribution in [0.1, 0.15) is 25.0 Å². The van der Waals surface area contributed by atoms with Gasteiger partial charge in [-0.2, -0.15) is 0 Å². The van der Waals surface area contributed by atoms with Gasteiger partial charge in [0.2, 0.25) is 0 Å². The van der Waals surface area contributed by atoms with Gasteiger partial charge in [0, 0.05) is 38.8 Å². The Morgan fingerprint density at radius 1 is 0.449 bits per heavy atom. The zero-order chi connectivity index (χ0) is 32.7. The van der Waals surface area contributed by atoms with E-state index < -0.39 is 0 Å². The molecule has 0 spiro atoms. The van der Waals surface area contributed by atoms with Crippen molar-refractivity contribution >= 4 is 60.5 Å². The molecule has 0 saturated heterocycles. The van der Waals surface area contributed by atoms with Crippen molar-refractivity contribution < 1.29 is 4.42 Å². The Hall–Kier alpha value is -6.12. The number of fused-ring (bicyclic) bond motifs is 8. The fourth-order valence-corrected chi connectivity index (χ4v) is 8.19. The van der Waals surface area contributed by atoms with Crippen molar-refractivity contribution in [3.63, 3.8) is 0 Å². The molecule has 1 heterocycles. The largest absolute Gasteiger partial charge is 0.455 e. The van der Waals surface area contributed by atoms with Gasteiger partial charge in [0.25, 0.3) is 0 Å². The smallest absolute Gasteiger partial charge is 0.143 e. The van der Waals surface area contributed by atoms with Gasteiger partial charge in [-0.3, -0.25) is 0 Å². The van der Waals surface area contributed by atoms with Gasteiger partial charge in [0.15, 0.2) is 0 Å². The first kappa shape index (κ1) is 27.9. The maximum absolute atomic E-state index is 6.81. The average Bonchev–Trinajstić information content (AvgIpc) is 3.62. The van der Waals surface area contributed by atoms with Gasteiger partial charge in [-0.05, 0) is 104 Å². The molecular weight excluding hydrogens is 595 g/mol. The van der Waals surface area contributed by atoms with Gasteiger partial charge in [0.05, 0.1) is 0 Å². The lowest BCUT2D eigenvalue weighted by Crippen LogP contribution is -2.16. The Morgan fingerprint density at radius 2 is 1.14 bits per heavy atom.